The Kier molecular flexibility index (Phi) is 3.06. The van der Waals surface area contributed by atoms with E-state index >= 15 is 0 Å². The molecule has 3 nitrogen and oxygen atoms in total. The third-order valence-corrected chi connectivity index (χ3v) is 3.18. The van der Waals surface area contributed by atoms with Crippen LogP contribution in [0.5, 0.6) is 0 Å². The SMILES string of the molecule is NS(=O)(=O)CC1CCC(F)CC1. The number of nitrogens with two attached hydrogens (primary N) is 1. The number of hydrogen-bond donors (Lipinski definition) is 1. The predicted octanol–water partition coefficient (Wildman–Crippen LogP) is 0.803. The zero-order valence-electron chi connectivity index (χ0n) is 6.87. The maximum atomic E-state index is 12.6. The molecule has 2 N–H and O–H groups in total. The van der Waals surface area contributed by atoms with Crippen LogP contribution in [0, 0.1) is 5.92 Å². The molecule has 0 unspecified atom stereocenters. The van der Waals surface area contributed by atoms with Crippen molar-refractivity contribution in [3.8, 4) is 0 Å². The Morgan fingerprint density at radius 1 is 1.25 bits per heavy atom. The molecule has 0 saturated heterocycles. The molecule has 0 atom stereocenters. The van der Waals surface area contributed by atoms with Crippen LogP contribution in [0.2, 0.25) is 0 Å². The standard InChI is InChI=1S/C7H14FNO2S/c8-7-3-1-6(2-4-7)5-12(9,10)11/h6-7H,1-5H2,(H2,9,10,11). The normalized spacial score (nSPS) is 31.8. The molecule has 0 amide bonds. The van der Waals surface area contributed by atoms with Crippen molar-refractivity contribution in [2.45, 2.75) is 31.9 Å². The van der Waals surface area contributed by atoms with Gasteiger partial charge in [0.1, 0.15) is 6.17 Å². The average Bonchev–Trinajstić information content (AvgIpc) is 1.91. The molecule has 1 saturated carbocycles. The van der Waals surface area contributed by atoms with Gasteiger partial charge in [0.2, 0.25) is 10.0 Å². The van der Waals surface area contributed by atoms with Crippen molar-refractivity contribution in [3.05, 3.63) is 0 Å². The highest BCUT2D eigenvalue weighted by atomic mass is 32.2. The lowest BCUT2D eigenvalue weighted by atomic mass is 9.90. The van der Waals surface area contributed by atoms with Crippen LogP contribution >= 0.6 is 0 Å². The van der Waals surface area contributed by atoms with Crippen LogP contribution in [0.3, 0.4) is 0 Å². The van der Waals surface area contributed by atoms with Crippen LogP contribution in [0.1, 0.15) is 25.7 Å². The Morgan fingerprint density at radius 2 is 1.75 bits per heavy atom. The van der Waals surface area contributed by atoms with E-state index in [9.17, 15) is 12.8 Å². The molecule has 1 fully saturated rings. The molecule has 0 aromatic rings. The summed E-state index contributed by atoms with van der Waals surface area (Å²) in [6.07, 6.45) is 1.54. The molecule has 0 aliphatic heterocycles. The van der Waals surface area contributed by atoms with Gasteiger partial charge in [-0.1, -0.05) is 0 Å². The second kappa shape index (κ2) is 3.70. The summed E-state index contributed by atoms with van der Waals surface area (Å²) in [5, 5.41) is 4.88. The second-order valence-corrected chi connectivity index (χ2v) is 5.11. The van der Waals surface area contributed by atoms with Gasteiger partial charge in [0.15, 0.2) is 0 Å². The maximum Gasteiger partial charge on any atom is 0.209 e. The first kappa shape index (κ1) is 9.92. The van der Waals surface area contributed by atoms with Crippen LogP contribution in [0.25, 0.3) is 0 Å². The van der Waals surface area contributed by atoms with E-state index in [0.717, 1.165) is 0 Å². The minimum atomic E-state index is -3.36. The molecule has 0 spiro atoms. The molecule has 1 aliphatic carbocycles. The van der Waals surface area contributed by atoms with E-state index in [1.165, 1.54) is 0 Å². The highest BCUT2D eigenvalue weighted by Gasteiger charge is 2.23. The number of hydrogen-bond acceptors (Lipinski definition) is 2. The lowest BCUT2D eigenvalue weighted by Crippen LogP contribution is -2.26. The van der Waals surface area contributed by atoms with Crippen LogP contribution in [0.4, 0.5) is 4.39 Å². The summed E-state index contributed by atoms with van der Waals surface area (Å²) in [7, 11) is -3.36. The van der Waals surface area contributed by atoms with Crippen molar-refractivity contribution < 1.29 is 12.8 Å². The summed E-state index contributed by atoms with van der Waals surface area (Å²) >= 11 is 0. The van der Waals surface area contributed by atoms with E-state index in [4.69, 9.17) is 5.14 Å². The summed E-state index contributed by atoms with van der Waals surface area (Å²) in [5.41, 5.74) is 0. The van der Waals surface area contributed by atoms with E-state index in [2.05, 4.69) is 0 Å². The fourth-order valence-corrected chi connectivity index (χ4v) is 2.61. The molecule has 0 aromatic heterocycles. The number of alkyl halides is 1. The van der Waals surface area contributed by atoms with Crippen molar-refractivity contribution in [2.24, 2.45) is 11.1 Å². The minimum absolute atomic E-state index is 0.0136. The smallest absolute Gasteiger partial charge is 0.209 e. The molecule has 72 valence electrons. The largest absolute Gasteiger partial charge is 0.247 e. The van der Waals surface area contributed by atoms with Gasteiger partial charge in [0, 0.05) is 0 Å². The second-order valence-electron chi connectivity index (χ2n) is 3.45. The van der Waals surface area contributed by atoms with Crippen molar-refractivity contribution >= 4 is 10.0 Å². The number of rotatable bonds is 2. The van der Waals surface area contributed by atoms with Gasteiger partial charge in [-0.25, -0.2) is 17.9 Å². The molecular formula is C7H14FNO2S. The minimum Gasteiger partial charge on any atom is -0.247 e. The summed E-state index contributed by atoms with van der Waals surface area (Å²) < 4.78 is 33.9. The molecule has 12 heavy (non-hydrogen) atoms. The molecular weight excluding hydrogens is 181 g/mol. The Balaban J connectivity index is 2.36. The highest BCUT2D eigenvalue weighted by Crippen LogP contribution is 2.26. The molecule has 1 aliphatic rings. The quantitative estimate of drug-likeness (QED) is 0.708. The fraction of sp³-hybridized carbons (Fsp3) is 1.00. The lowest BCUT2D eigenvalue weighted by molar-refractivity contribution is 0.216. The van der Waals surface area contributed by atoms with Crippen LogP contribution in [-0.2, 0) is 10.0 Å². The zero-order valence-corrected chi connectivity index (χ0v) is 7.69. The Labute approximate surface area is 72.2 Å². The van der Waals surface area contributed by atoms with Gasteiger partial charge in [-0.15, -0.1) is 0 Å². The summed E-state index contributed by atoms with van der Waals surface area (Å²) in [4.78, 5) is 0. The summed E-state index contributed by atoms with van der Waals surface area (Å²) in [6.45, 7) is 0. The maximum absolute atomic E-state index is 12.6. The van der Waals surface area contributed by atoms with Crippen molar-refractivity contribution in [3.63, 3.8) is 0 Å². The molecule has 1 rings (SSSR count). The third kappa shape index (κ3) is 3.49. The van der Waals surface area contributed by atoms with Gasteiger partial charge in [-0.3, -0.25) is 0 Å². The lowest BCUT2D eigenvalue weighted by Gasteiger charge is -2.22. The van der Waals surface area contributed by atoms with Gasteiger partial charge in [0.25, 0.3) is 0 Å². The van der Waals surface area contributed by atoms with E-state index in [1.54, 1.807) is 0 Å². The fourth-order valence-electron chi connectivity index (χ4n) is 1.62. The van der Waals surface area contributed by atoms with Gasteiger partial charge < -0.3 is 0 Å². The van der Waals surface area contributed by atoms with Crippen LogP contribution in [-0.4, -0.2) is 20.3 Å². The van der Waals surface area contributed by atoms with Crippen molar-refractivity contribution in [2.75, 3.05) is 5.75 Å². The third-order valence-electron chi connectivity index (χ3n) is 2.24. The zero-order chi connectivity index (χ0) is 9.19. The Hall–Kier alpha value is -0.160. The Morgan fingerprint density at radius 3 is 2.17 bits per heavy atom. The average molecular weight is 195 g/mol. The van der Waals surface area contributed by atoms with E-state index < -0.39 is 16.2 Å². The molecule has 5 heteroatoms. The summed E-state index contributed by atoms with van der Waals surface area (Å²) in [6, 6.07) is 0. The number of primary sulfonamides is 1. The van der Waals surface area contributed by atoms with Crippen LogP contribution < -0.4 is 5.14 Å². The predicted molar refractivity (Wildman–Crippen MR) is 44.8 cm³/mol. The highest BCUT2D eigenvalue weighted by molar-refractivity contribution is 7.89. The number of sulfonamides is 1. The first-order chi connectivity index (χ1) is 5.47. The monoisotopic (exact) mass is 195 g/mol. The Bertz CT molecular complexity index is 232. The van der Waals surface area contributed by atoms with Crippen molar-refractivity contribution in [1.82, 2.24) is 0 Å². The number of halogens is 1. The van der Waals surface area contributed by atoms with E-state index in [-0.39, 0.29) is 11.7 Å². The molecule has 0 aromatic carbocycles. The molecule has 0 radical (unpaired) electrons. The van der Waals surface area contributed by atoms with Gasteiger partial charge >= 0.3 is 0 Å². The first-order valence-electron chi connectivity index (χ1n) is 4.12. The van der Waals surface area contributed by atoms with E-state index in [0.29, 0.717) is 25.7 Å². The van der Waals surface area contributed by atoms with Crippen molar-refractivity contribution in [1.29, 1.82) is 0 Å². The van der Waals surface area contributed by atoms with Crippen LogP contribution in [0.15, 0.2) is 0 Å². The topological polar surface area (TPSA) is 60.2 Å². The van der Waals surface area contributed by atoms with Gasteiger partial charge in [-0.2, -0.15) is 0 Å². The molecule has 0 heterocycles. The first-order valence-corrected chi connectivity index (χ1v) is 5.83. The van der Waals surface area contributed by atoms with E-state index in [1.807, 2.05) is 0 Å². The molecule has 0 bridgehead atoms. The van der Waals surface area contributed by atoms with Gasteiger partial charge in [-0.05, 0) is 31.6 Å². The summed E-state index contributed by atoms with van der Waals surface area (Å²) in [5.74, 6) is 0.0895. The van der Waals surface area contributed by atoms with Gasteiger partial charge in [0.05, 0.1) is 5.75 Å².